The first kappa shape index (κ1) is 7.29. The number of fused-ring (bicyclic) bond motifs is 2. The molecule has 2 rings (SSSR count). The van der Waals surface area contributed by atoms with E-state index in [4.69, 9.17) is 0 Å². The van der Waals surface area contributed by atoms with E-state index in [1.807, 2.05) is 14.1 Å². The van der Waals surface area contributed by atoms with Crippen LogP contribution in [-0.4, -0.2) is 30.8 Å². The lowest BCUT2D eigenvalue weighted by atomic mass is 9.93. The van der Waals surface area contributed by atoms with Crippen LogP contribution in [0.2, 0.25) is 0 Å². The number of likely N-dealkylation sites (N-methyl/N-ethyl adjacent to an activating group) is 1. The van der Waals surface area contributed by atoms with Crippen LogP contribution in [0.3, 0.4) is 0 Å². The van der Waals surface area contributed by atoms with Gasteiger partial charge in [0, 0.05) is 5.92 Å². The third-order valence-electron chi connectivity index (χ3n) is 3.17. The maximum Gasteiger partial charge on any atom is 0.153 e. The SMILES string of the molecule is CN(C)C1C(=O)C2CCC1C2. The van der Waals surface area contributed by atoms with Crippen molar-refractivity contribution in [3.63, 3.8) is 0 Å². The van der Waals surface area contributed by atoms with Gasteiger partial charge in [0.1, 0.15) is 0 Å². The van der Waals surface area contributed by atoms with E-state index in [1.54, 1.807) is 0 Å². The van der Waals surface area contributed by atoms with Gasteiger partial charge in [-0.15, -0.1) is 0 Å². The summed E-state index contributed by atoms with van der Waals surface area (Å²) < 4.78 is 0. The Morgan fingerprint density at radius 3 is 2.45 bits per heavy atom. The Kier molecular flexibility index (Phi) is 1.53. The molecule has 2 saturated carbocycles. The summed E-state index contributed by atoms with van der Waals surface area (Å²) in [7, 11) is 4.03. The molecule has 0 radical (unpaired) electrons. The Hall–Kier alpha value is -0.370. The molecule has 2 nitrogen and oxygen atoms in total. The fourth-order valence-electron chi connectivity index (χ4n) is 2.71. The largest absolute Gasteiger partial charge is 0.300 e. The number of Topliss-reactive ketones (excluding diaryl/α,β-unsaturated/α-hetero) is 1. The number of carbonyl (C=O) groups is 1. The molecule has 3 unspecified atom stereocenters. The highest BCUT2D eigenvalue weighted by Crippen LogP contribution is 2.43. The fraction of sp³-hybridized carbons (Fsp3) is 0.889. The fourth-order valence-corrected chi connectivity index (χ4v) is 2.71. The quantitative estimate of drug-likeness (QED) is 0.558. The second-order valence-electron chi connectivity index (χ2n) is 4.08. The van der Waals surface area contributed by atoms with Gasteiger partial charge in [0.05, 0.1) is 6.04 Å². The first-order chi connectivity index (χ1) is 5.20. The molecule has 2 aliphatic rings. The van der Waals surface area contributed by atoms with Crippen LogP contribution in [0.15, 0.2) is 0 Å². The van der Waals surface area contributed by atoms with E-state index in [9.17, 15) is 4.79 Å². The maximum absolute atomic E-state index is 11.6. The number of hydrogen-bond donors (Lipinski definition) is 0. The van der Waals surface area contributed by atoms with E-state index in [0.717, 1.165) is 6.42 Å². The normalized spacial score (nSPS) is 42.5. The highest BCUT2D eigenvalue weighted by Gasteiger charge is 2.47. The molecule has 2 heteroatoms. The highest BCUT2D eigenvalue weighted by molar-refractivity contribution is 5.89. The molecule has 0 aliphatic heterocycles. The first-order valence-corrected chi connectivity index (χ1v) is 4.40. The zero-order valence-corrected chi connectivity index (χ0v) is 7.21. The summed E-state index contributed by atoms with van der Waals surface area (Å²) in [5, 5.41) is 0. The van der Waals surface area contributed by atoms with Crippen molar-refractivity contribution < 1.29 is 4.79 Å². The van der Waals surface area contributed by atoms with Crippen molar-refractivity contribution in [1.29, 1.82) is 0 Å². The summed E-state index contributed by atoms with van der Waals surface area (Å²) >= 11 is 0. The number of hydrogen-bond acceptors (Lipinski definition) is 2. The minimum Gasteiger partial charge on any atom is -0.300 e. The van der Waals surface area contributed by atoms with E-state index in [1.165, 1.54) is 12.8 Å². The van der Waals surface area contributed by atoms with Crippen LogP contribution in [0, 0.1) is 11.8 Å². The zero-order chi connectivity index (χ0) is 8.01. The third-order valence-corrected chi connectivity index (χ3v) is 3.17. The minimum absolute atomic E-state index is 0.258. The second-order valence-corrected chi connectivity index (χ2v) is 4.08. The molecule has 0 aromatic heterocycles. The number of ketones is 1. The van der Waals surface area contributed by atoms with E-state index in [0.29, 0.717) is 17.6 Å². The molecule has 0 N–H and O–H groups in total. The van der Waals surface area contributed by atoms with Crippen molar-refractivity contribution in [3.8, 4) is 0 Å². The van der Waals surface area contributed by atoms with Gasteiger partial charge in [-0.3, -0.25) is 9.69 Å². The van der Waals surface area contributed by atoms with E-state index < -0.39 is 0 Å². The van der Waals surface area contributed by atoms with Crippen LogP contribution in [0.5, 0.6) is 0 Å². The van der Waals surface area contributed by atoms with Crippen LogP contribution in [-0.2, 0) is 4.79 Å². The predicted octanol–water partition coefficient (Wildman–Crippen LogP) is 0.916. The molecule has 0 heterocycles. The molecule has 2 aliphatic carbocycles. The summed E-state index contributed by atoms with van der Waals surface area (Å²) in [5.41, 5.74) is 0. The van der Waals surface area contributed by atoms with E-state index in [2.05, 4.69) is 4.90 Å². The molecule has 3 atom stereocenters. The van der Waals surface area contributed by atoms with Gasteiger partial charge in [0.15, 0.2) is 5.78 Å². The lowest BCUT2D eigenvalue weighted by Gasteiger charge is -2.26. The van der Waals surface area contributed by atoms with Gasteiger partial charge in [0.2, 0.25) is 0 Å². The molecule has 0 amide bonds. The highest BCUT2D eigenvalue weighted by atomic mass is 16.1. The monoisotopic (exact) mass is 153 g/mol. The van der Waals surface area contributed by atoms with Crippen LogP contribution in [0.25, 0.3) is 0 Å². The van der Waals surface area contributed by atoms with Crippen molar-refractivity contribution >= 4 is 5.78 Å². The van der Waals surface area contributed by atoms with Crippen LogP contribution >= 0.6 is 0 Å². The number of carbonyl (C=O) groups excluding carboxylic acids is 1. The van der Waals surface area contributed by atoms with Gasteiger partial charge in [-0.25, -0.2) is 0 Å². The third kappa shape index (κ3) is 0.924. The number of nitrogens with zero attached hydrogens (tertiary/aromatic N) is 1. The van der Waals surface area contributed by atoms with Crippen LogP contribution in [0.1, 0.15) is 19.3 Å². The molecule has 0 spiro atoms. The maximum atomic E-state index is 11.6. The molecular formula is C9H15NO. The lowest BCUT2D eigenvalue weighted by Crippen LogP contribution is -2.40. The second kappa shape index (κ2) is 2.31. The summed E-state index contributed by atoms with van der Waals surface area (Å²) in [4.78, 5) is 13.7. The van der Waals surface area contributed by atoms with Crippen molar-refractivity contribution in [2.24, 2.45) is 11.8 Å². The average Bonchev–Trinajstić information content (AvgIpc) is 2.44. The average molecular weight is 153 g/mol. The topological polar surface area (TPSA) is 20.3 Å². The van der Waals surface area contributed by atoms with E-state index in [-0.39, 0.29) is 6.04 Å². The van der Waals surface area contributed by atoms with Gasteiger partial charge in [-0.05, 0) is 39.3 Å². The predicted molar refractivity (Wildman–Crippen MR) is 43.3 cm³/mol. The molecule has 0 aromatic rings. The number of rotatable bonds is 1. The lowest BCUT2D eigenvalue weighted by molar-refractivity contribution is -0.126. The summed E-state index contributed by atoms with van der Waals surface area (Å²) in [6.45, 7) is 0. The Labute approximate surface area is 67.6 Å². The van der Waals surface area contributed by atoms with Crippen molar-refractivity contribution in [2.75, 3.05) is 14.1 Å². The molecule has 62 valence electrons. The van der Waals surface area contributed by atoms with Crippen LogP contribution in [0.4, 0.5) is 0 Å². The van der Waals surface area contributed by atoms with Gasteiger partial charge in [-0.2, -0.15) is 0 Å². The van der Waals surface area contributed by atoms with Gasteiger partial charge in [0.25, 0.3) is 0 Å². The first-order valence-electron chi connectivity index (χ1n) is 4.40. The summed E-state index contributed by atoms with van der Waals surface area (Å²) in [6.07, 6.45) is 3.61. The van der Waals surface area contributed by atoms with Crippen molar-refractivity contribution in [3.05, 3.63) is 0 Å². The molecule has 2 bridgehead atoms. The molecular weight excluding hydrogens is 138 g/mol. The Morgan fingerprint density at radius 1 is 1.36 bits per heavy atom. The van der Waals surface area contributed by atoms with Crippen molar-refractivity contribution in [1.82, 2.24) is 4.90 Å². The Bertz CT molecular complexity index is 188. The zero-order valence-electron chi connectivity index (χ0n) is 7.21. The van der Waals surface area contributed by atoms with Gasteiger partial charge < -0.3 is 0 Å². The van der Waals surface area contributed by atoms with Crippen LogP contribution < -0.4 is 0 Å². The summed E-state index contributed by atoms with van der Waals surface area (Å²) in [6, 6.07) is 0.258. The molecule has 0 aromatic carbocycles. The van der Waals surface area contributed by atoms with Gasteiger partial charge in [-0.1, -0.05) is 0 Å². The molecule has 11 heavy (non-hydrogen) atoms. The standard InChI is InChI=1S/C9H15NO/c1-10(2)8-6-3-4-7(5-6)9(8)11/h6-8H,3-5H2,1-2H3. The molecule has 2 fully saturated rings. The Morgan fingerprint density at radius 2 is 2.09 bits per heavy atom. The smallest absolute Gasteiger partial charge is 0.153 e. The van der Waals surface area contributed by atoms with Crippen molar-refractivity contribution in [2.45, 2.75) is 25.3 Å². The van der Waals surface area contributed by atoms with Gasteiger partial charge >= 0.3 is 0 Å². The minimum atomic E-state index is 0.258. The summed E-state index contributed by atoms with van der Waals surface area (Å²) in [5.74, 6) is 1.61. The Balaban J connectivity index is 2.18. The molecule has 0 saturated heterocycles. The van der Waals surface area contributed by atoms with E-state index >= 15 is 0 Å².